The lowest BCUT2D eigenvalue weighted by Gasteiger charge is -2.17. The predicted molar refractivity (Wildman–Crippen MR) is 118 cm³/mol. The molecule has 0 aliphatic heterocycles. The van der Waals surface area contributed by atoms with Gasteiger partial charge in [0.05, 0.1) is 0 Å². The van der Waals surface area contributed by atoms with Gasteiger partial charge in [-0.15, -0.1) is 0 Å². The zero-order valence-corrected chi connectivity index (χ0v) is 17.5. The number of nitrogens with zero attached hydrogens (tertiary/aromatic N) is 1. The van der Waals surface area contributed by atoms with E-state index in [1.54, 1.807) is 12.1 Å². The standard InChI is InChI=1S/C25H31FN2O/c1-3-5-6-9-16-27-25(29)17-22(19-12-14-20(26)15-13-19)23-18-28(4-2)24-11-8-7-10-21(23)24/h7-8,10-15,18,22H,3-6,9,16-17H2,1-2H3,(H,27,29)/t22-/m1/s1. The van der Waals surface area contributed by atoms with E-state index in [2.05, 4.69) is 42.1 Å². The van der Waals surface area contributed by atoms with Crippen molar-refractivity contribution in [2.24, 2.45) is 0 Å². The van der Waals surface area contributed by atoms with Gasteiger partial charge in [0.2, 0.25) is 5.91 Å². The number of hydrogen-bond acceptors (Lipinski definition) is 1. The number of nitrogens with one attached hydrogen (secondary N) is 1. The summed E-state index contributed by atoms with van der Waals surface area (Å²) in [6, 6.07) is 14.8. The summed E-state index contributed by atoms with van der Waals surface area (Å²) in [5.74, 6) is -0.322. The van der Waals surface area contributed by atoms with Crippen LogP contribution >= 0.6 is 0 Å². The summed E-state index contributed by atoms with van der Waals surface area (Å²) in [6.07, 6.45) is 7.04. The lowest BCUT2D eigenvalue weighted by atomic mass is 9.88. The summed E-state index contributed by atoms with van der Waals surface area (Å²) >= 11 is 0. The van der Waals surface area contributed by atoms with Gasteiger partial charge in [0, 0.05) is 42.5 Å². The van der Waals surface area contributed by atoms with Crippen molar-refractivity contribution in [2.75, 3.05) is 6.54 Å². The van der Waals surface area contributed by atoms with E-state index in [1.165, 1.54) is 25.0 Å². The highest BCUT2D eigenvalue weighted by molar-refractivity contribution is 5.86. The summed E-state index contributed by atoms with van der Waals surface area (Å²) in [5, 5.41) is 4.22. The maximum absolute atomic E-state index is 13.5. The number of amides is 1. The molecule has 0 unspecified atom stereocenters. The third-order valence-corrected chi connectivity index (χ3v) is 5.55. The van der Waals surface area contributed by atoms with Crippen LogP contribution < -0.4 is 5.32 Å². The average molecular weight is 395 g/mol. The summed E-state index contributed by atoms with van der Waals surface area (Å²) < 4.78 is 15.7. The van der Waals surface area contributed by atoms with Crippen molar-refractivity contribution in [1.82, 2.24) is 9.88 Å². The van der Waals surface area contributed by atoms with Crippen LogP contribution in [-0.4, -0.2) is 17.0 Å². The van der Waals surface area contributed by atoms with Gasteiger partial charge in [0.1, 0.15) is 5.82 Å². The Morgan fingerprint density at radius 3 is 2.52 bits per heavy atom. The number of carbonyl (C=O) groups excluding carboxylic acids is 1. The van der Waals surface area contributed by atoms with Gasteiger partial charge in [0.25, 0.3) is 0 Å². The van der Waals surface area contributed by atoms with Crippen molar-refractivity contribution in [3.8, 4) is 0 Å². The van der Waals surface area contributed by atoms with E-state index in [4.69, 9.17) is 0 Å². The smallest absolute Gasteiger partial charge is 0.220 e. The van der Waals surface area contributed by atoms with Gasteiger partial charge in [-0.2, -0.15) is 0 Å². The molecule has 0 aliphatic carbocycles. The van der Waals surface area contributed by atoms with Crippen LogP contribution in [0.15, 0.2) is 54.7 Å². The Balaban J connectivity index is 1.87. The molecule has 0 saturated carbocycles. The highest BCUT2D eigenvalue weighted by Gasteiger charge is 2.22. The molecule has 2 aromatic carbocycles. The first-order valence-corrected chi connectivity index (χ1v) is 10.7. The van der Waals surface area contributed by atoms with Crippen LogP contribution in [0, 0.1) is 5.82 Å². The number of unbranched alkanes of at least 4 members (excludes halogenated alkanes) is 3. The van der Waals surface area contributed by atoms with E-state index in [-0.39, 0.29) is 17.6 Å². The number of hydrogen-bond donors (Lipinski definition) is 1. The Labute approximate surface area is 172 Å². The van der Waals surface area contributed by atoms with Crippen molar-refractivity contribution in [2.45, 2.75) is 58.4 Å². The van der Waals surface area contributed by atoms with Gasteiger partial charge in [-0.05, 0) is 42.7 Å². The van der Waals surface area contributed by atoms with E-state index < -0.39 is 0 Å². The predicted octanol–water partition coefficient (Wildman–Crippen LogP) is 6.02. The Morgan fingerprint density at radius 2 is 1.79 bits per heavy atom. The summed E-state index contributed by atoms with van der Waals surface area (Å²) in [4.78, 5) is 12.7. The van der Waals surface area contributed by atoms with Crippen molar-refractivity contribution in [3.63, 3.8) is 0 Å². The van der Waals surface area contributed by atoms with Crippen LogP contribution in [0.25, 0.3) is 10.9 Å². The highest BCUT2D eigenvalue weighted by Crippen LogP contribution is 2.34. The van der Waals surface area contributed by atoms with Crippen molar-refractivity contribution in [3.05, 3.63) is 71.7 Å². The Kier molecular flexibility index (Phi) is 7.45. The second-order valence-electron chi connectivity index (χ2n) is 7.61. The van der Waals surface area contributed by atoms with Crippen molar-refractivity contribution >= 4 is 16.8 Å². The lowest BCUT2D eigenvalue weighted by molar-refractivity contribution is -0.121. The van der Waals surface area contributed by atoms with Gasteiger partial charge in [-0.25, -0.2) is 4.39 Å². The minimum absolute atomic E-state index is 0.0455. The first kappa shape index (κ1) is 21.1. The molecular formula is C25H31FN2O. The Hall–Kier alpha value is -2.62. The molecule has 0 fully saturated rings. The summed E-state index contributed by atoms with van der Waals surface area (Å²) in [5.41, 5.74) is 3.25. The largest absolute Gasteiger partial charge is 0.356 e. The molecule has 1 heterocycles. The van der Waals surface area contributed by atoms with Crippen LogP contribution in [0.4, 0.5) is 4.39 Å². The molecule has 29 heavy (non-hydrogen) atoms. The van der Waals surface area contributed by atoms with Gasteiger partial charge >= 0.3 is 0 Å². The van der Waals surface area contributed by atoms with E-state index in [9.17, 15) is 9.18 Å². The van der Waals surface area contributed by atoms with Crippen LogP contribution in [0.1, 0.15) is 63.0 Å². The quantitative estimate of drug-likeness (QED) is 0.419. The van der Waals surface area contributed by atoms with E-state index in [0.29, 0.717) is 13.0 Å². The molecule has 0 bridgehead atoms. The number of carbonyl (C=O) groups is 1. The number of aromatic nitrogens is 1. The molecular weight excluding hydrogens is 363 g/mol. The van der Waals surface area contributed by atoms with Crippen LogP contribution in [0.5, 0.6) is 0 Å². The molecule has 0 aliphatic rings. The molecule has 154 valence electrons. The van der Waals surface area contributed by atoms with E-state index in [0.717, 1.165) is 41.4 Å². The highest BCUT2D eigenvalue weighted by atomic mass is 19.1. The molecule has 1 amide bonds. The van der Waals surface area contributed by atoms with E-state index in [1.807, 2.05) is 12.1 Å². The number of para-hydroxylation sites is 1. The second-order valence-corrected chi connectivity index (χ2v) is 7.61. The first-order valence-electron chi connectivity index (χ1n) is 10.7. The monoisotopic (exact) mass is 394 g/mol. The number of benzene rings is 2. The minimum atomic E-state index is -0.260. The number of aryl methyl sites for hydroxylation is 1. The van der Waals surface area contributed by atoms with Crippen LogP contribution in [-0.2, 0) is 11.3 Å². The Morgan fingerprint density at radius 1 is 1.03 bits per heavy atom. The summed E-state index contributed by atoms with van der Waals surface area (Å²) in [6.45, 7) is 5.87. The fraction of sp³-hybridized carbons (Fsp3) is 0.400. The molecule has 3 aromatic rings. The maximum atomic E-state index is 13.5. The molecule has 1 atom stereocenters. The molecule has 4 heteroatoms. The topological polar surface area (TPSA) is 34.0 Å². The third-order valence-electron chi connectivity index (χ3n) is 5.55. The third kappa shape index (κ3) is 5.26. The van der Waals surface area contributed by atoms with Gasteiger partial charge < -0.3 is 9.88 Å². The zero-order valence-electron chi connectivity index (χ0n) is 17.5. The SMILES string of the molecule is CCCCCCNC(=O)C[C@H](c1ccc(F)cc1)c1cn(CC)c2ccccc12. The average Bonchev–Trinajstić information content (AvgIpc) is 3.11. The summed E-state index contributed by atoms with van der Waals surface area (Å²) in [7, 11) is 0. The van der Waals surface area contributed by atoms with Gasteiger partial charge in [-0.1, -0.05) is 56.5 Å². The van der Waals surface area contributed by atoms with Crippen molar-refractivity contribution < 1.29 is 9.18 Å². The van der Waals surface area contributed by atoms with E-state index >= 15 is 0 Å². The normalized spacial score (nSPS) is 12.2. The number of fused-ring (bicyclic) bond motifs is 1. The minimum Gasteiger partial charge on any atom is -0.356 e. The molecule has 0 saturated heterocycles. The second kappa shape index (κ2) is 10.2. The van der Waals surface area contributed by atoms with Gasteiger partial charge in [0.15, 0.2) is 0 Å². The zero-order chi connectivity index (χ0) is 20.6. The number of rotatable bonds is 10. The van der Waals surface area contributed by atoms with Crippen molar-refractivity contribution in [1.29, 1.82) is 0 Å². The van der Waals surface area contributed by atoms with Gasteiger partial charge in [-0.3, -0.25) is 4.79 Å². The molecule has 0 spiro atoms. The van der Waals surface area contributed by atoms with Crippen LogP contribution in [0.2, 0.25) is 0 Å². The fourth-order valence-electron chi connectivity index (χ4n) is 3.95. The maximum Gasteiger partial charge on any atom is 0.220 e. The Bertz CT molecular complexity index is 930. The molecule has 1 N–H and O–H groups in total. The number of halogens is 1. The first-order chi connectivity index (χ1) is 14.1. The lowest BCUT2D eigenvalue weighted by Crippen LogP contribution is -2.26. The fourth-order valence-corrected chi connectivity index (χ4v) is 3.95. The molecule has 1 aromatic heterocycles. The molecule has 0 radical (unpaired) electrons. The molecule has 3 rings (SSSR count). The van der Waals surface area contributed by atoms with Crippen LogP contribution in [0.3, 0.4) is 0 Å². The molecule has 3 nitrogen and oxygen atoms in total.